The van der Waals surface area contributed by atoms with Crippen molar-refractivity contribution in [3.05, 3.63) is 36.5 Å². The van der Waals surface area contributed by atoms with Gasteiger partial charge in [0.15, 0.2) is 0 Å². The van der Waals surface area contributed by atoms with Gasteiger partial charge in [0.25, 0.3) is 10.0 Å². The van der Waals surface area contributed by atoms with Crippen LogP contribution in [0.1, 0.15) is 19.8 Å². The first-order valence-corrected chi connectivity index (χ1v) is 10.4. The first-order chi connectivity index (χ1) is 12.9. The van der Waals surface area contributed by atoms with Crippen molar-refractivity contribution in [3.63, 3.8) is 0 Å². The van der Waals surface area contributed by atoms with Gasteiger partial charge in [0.05, 0.1) is 26.1 Å². The number of pyridine rings is 1. The zero-order valence-electron chi connectivity index (χ0n) is 15.8. The summed E-state index contributed by atoms with van der Waals surface area (Å²) in [7, 11) is -0.879. The highest BCUT2D eigenvalue weighted by Gasteiger charge is 2.21. The second kappa shape index (κ2) is 8.04. The lowest BCUT2D eigenvalue weighted by atomic mass is 9.99. The molecule has 0 amide bonds. The lowest BCUT2D eigenvalue weighted by Crippen LogP contribution is -2.33. The van der Waals surface area contributed by atoms with E-state index in [0.717, 1.165) is 37.7 Å². The molecule has 1 saturated heterocycles. The number of benzene rings is 1. The molecule has 8 heteroatoms. The molecule has 0 radical (unpaired) electrons. The van der Waals surface area contributed by atoms with Gasteiger partial charge in [-0.15, -0.1) is 0 Å². The van der Waals surface area contributed by atoms with Crippen LogP contribution in [0.4, 0.5) is 11.5 Å². The third kappa shape index (κ3) is 4.44. The fourth-order valence-electron chi connectivity index (χ4n) is 3.08. The van der Waals surface area contributed by atoms with E-state index in [2.05, 4.69) is 21.5 Å². The Morgan fingerprint density at radius 1 is 1.11 bits per heavy atom. The van der Waals surface area contributed by atoms with E-state index in [1.165, 1.54) is 26.4 Å². The fourth-order valence-corrected chi connectivity index (χ4v) is 4.27. The van der Waals surface area contributed by atoms with Crippen LogP contribution in [0.2, 0.25) is 0 Å². The molecular weight excluding hydrogens is 366 g/mol. The van der Waals surface area contributed by atoms with Crippen LogP contribution in [0, 0.1) is 5.92 Å². The molecule has 1 aromatic carbocycles. The van der Waals surface area contributed by atoms with Gasteiger partial charge in [-0.2, -0.15) is 0 Å². The number of hydrogen-bond acceptors (Lipinski definition) is 6. The molecule has 2 aromatic rings. The van der Waals surface area contributed by atoms with Crippen LogP contribution in [0.15, 0.2) is 41.4 Å². The highest BCUT2D eigenvalue weighted by molar-refractivity contribution is 7.92. The average molecular weight is 391 g/mol. The first kappa shape index (κ1) is 19.3. The van der Waals surface area contributed by atoms with Crippen molar-refractivity contribution >= 4 is 21.5 Å². The number of ether oxygens (including phenoxy) is 2. The quantitative estimate of drug-likeness (QED) is 0.815. The van der Waals surface area contributed by atoms with E-state index in [-0.39, 0.29) is 10.6 Å². The maximum absolute atomic E-state index is 12.7. The summed E-state index contributed by atoms with van der Waals surface area (Å²) in [5.74, 6) is 2.35. The van der Waals surface area contributed by atoms with E-state index in [1.807, 2.05) is 6.07 Å². The fraction of sp³-hybridized carbons (Fsp3) is 0.421. The Labute approximate surface area is 160 Å². The van der Waals surface area contributed by atoms with Crippen molar-refractivity contribution in [3.8, 4) is 11.5 Å². The van der Waals surface area contributed by atoms with Crippen molar-refractivity contribution in [2.75, 3.05) is 36.9 Å². The SMILES string of the molecule is COc1ccc(S(=O)(=O)Nc2ccc(N3CCC(C)CC3)nc2)c(OC)c1. The summed E-state index contributed by atoms with van der Waals surface area (Å²) in [4.78, 5) is 6.69. The number of anilines is 2. The van der Waals surface area contributed by atoms with Gasteiger partial charge in [0, 0.05) is 19.2 Å². The first-order valence-electron chi connectivity index (χ1n) is 8.89. The molecule has 0 unspecified atom stereocenters. The molecule has 0 spiro atoms. The molecular formula is C19H25N3O4S. The molecule has 27 heavy (non-hydrogen) atoms. The summed E-state index contributed by atoms with van der Waals surface area (Å²) in [6.07, 6.45) is 3.83. The summed E-state index contributed by atoms with van der Waals surface area (Å²) >= 11 is 0. The number of nitrogens with zero attached hydrogens (tertiary/aromatic N) is 2. The van der Waals surface area contributed by atoms with E-state index in [1.54, 1.807) is 18.3 Å². The lowest BCUT2D eigenvalue weighted by Gasteiger charge is -2.31. The number of hydrogen-bond donors (Lipinski definition) is 1. The molecule has 2 heterocycles. The molecule has 0 aliphatic carbocycles. The second-order valence-corrected chi connectivity index (χ2v) is 8.35. The zero-order valence-corrected chi connectivity index (χ0v) is 16.6. The maximum atomic E-state index is 12.7. The van der Waals surface area contributed by atoms with Crippen molar-refractivity contribution in [2.24, 2.45) is 5.92 Å². The Kier molecular flexibility index (Phi) is 5.74. The molecule has 0 bridgehead atoms. The lowest BCUT2D eigenvalue weighted by molar-refractivity contribution is 0.386. The molecule has 3 rings (SSSR count). The third-order valence-corrected chi connectivity index (χ3v) is 6.19. The number of aromatic nitrogens is 1. The minimum Gasteiger partial charge on any atom is -0.497 e. The van der Waals surface area contributed by atoms with Crippen LogP contribution in [-0.4, -0.2) is 40.7 Å². The normalized spacial score (nSPS) is 15.4. The van der Waals surface area contributed by atoms with E-state index >= 15 is 0 Å². The maximum Gasteiger partial charge on any atom is 0.265 e. The average Bonchev–Trinajstić information content (AvgIpc) is 2.68. The van der Waals surface area contributed by atoms with Gasteiger partial charge in [-0.05, 0) is 43.0 Å². The highest BCUT2D eigenvalue weighted by Crippen LogP contribution is 2.30. The van der Waals surface area contributed by atoms with Crippen LogP contribution in [0.25, 0.3) is 0 Å². The Morgan fingerprint density at radius 3 is 2.44 bits per heavy atom. The molecule has 0 atom stereocenters. The Bertz CT molecular complexity index is 876. The highest BCUT2D eigenvalue weighted by atomic mass is 32.2. The summed E-state index contributed by atoms with van der Waals surface area (Å²) in [6, 6.07) is 8.15. The van der Waals surface area contributed by atoms with Gasteiger partial charge in [-0.1, -0.05) is 6.92 Å². The Hall–Kier alpha value is -2.48. The number of rotatable bonds is 6. The van der Waals surface area contributed by atoms with Crippen LogP contribution in [-0.2, 0) is 10.0 Å². The van der Waals surface area contributed by atoms with Crippen LogP contribution < -0.4 is 19.1 Å². The minimum absolute atomic E-state index is 0.0416. The van der Waals surface area contributed by atoms with Gasteiger partial charge >= 0.3 is 0 Å². The van der Waals surface area contributed by atoms with E-state index in [9.17, 15) is 8.42 Å². The molecule has 7 nitrogen and oxygen atoms in total. The van der Waals surface area contributed by atoms with Crippen molar-refractivity contribution < 1.29 is 17.9 Å². The summed E-state index contributed by atoms with van der Waals surface area (Å²) in [6.45, 7) is 4.21. The van der Waals surface area contributed by atoms with E-state index in [0.29, 0.717) is 11.4 Å². The zero-order chi connectivity index (χ0) is 19.4. The predicted octanol–water partition coefficient (Wildman–Crippen LogP) is 3.14. The second-order valence-electron chi connectivity index (χ2n) is 6.70. The molecule has 1 aromatic heterocycles. The Balaban J connectivity index is 1.76. The van der Waals surface area contributed by atoms with Crippen molar-refractivity contribution in [1.82, 2.24) is 4.98 Å². The van der Waals surface area contributed by atoms with Crippen molar-refractivity contribution in [2.45, 2.75) is 24.7 Å². The summed E-state index contributed by atoms with van der Waals surface area (Å²) < 4.78 is 38.3. The van der Waals surface area contributed by atoms with E-state index < -0.39 is 10.0 Å². The summed E-state index contributed by atoms with van der Waals surface area (Å²) in [5, 5.41) is 0. The van der Waals surface area contributed by atoms with Crippen molar-refractivity contribution in [1.29, 1.82) is 0 Å². The molecule has 146 valence electrons. The topological polar surface area (TPSA) is 80.8 Å². The molecule has 0 saturated carbocycles. The van der Waals surface area contributed by atoms with Gasteiger partial charge in [0.2, 0.25) is 0 Å². The molecule has 1 N–H and O–H groups in total. The van der Waals surface area contributed by atoms with Crippen LogP contribution in [0.3, 0.4) is 0 Å². The van der Waals surface area contributed by atoms with Gasteiger partial charge in [-0.25, -0.2) is 13.4 Å². The van der Waals surface area contributed by atoms with Gasteiger partial charge in [-0.3, -0.25) is 4.72 Å². The summed E-state index contributed by atoms with van der Waals surface area (Å²) in [5.41, 5.74) is 0.405. The number of sulfonamides is 1. The monoisotopic (exact) mass is 391 g/mol. The molecule has 1 fully saturated rings. The molecule has 1 aliphatic rings. The van der Waals surface area contributed by atoms with E-state index in [4.69, 9.17) is 9.47 Å². The van der Waals surface area contributed by atoms with Gasteiger partial charge < -0.3 is 14.4 Å². The predicted molar refractivity (Wildman–Crippen MR) is 105 cm³/mol. The minimum atomic E-state index is -3.81. The molecule has 1 aliphatic heterocycles. The number of nitrogens with one attached hydrogen (secondary N) is 1. The van der Waals surface area contributed by atoms with Crippen LogP contribution in [0.5, 0.6) is 11.5 Å². The third-order valence-electron chi connectivity index (χ3n) is 4.77. The number of methoxy groups -OCH3 is 2. The largest absolute Gasteiger partial charge is 0.497 e. The Morgan fingerprint density at radius 2 is 1.85 bits per heavy atom. The van der Waals surface area contributed by atoms with Crippen LogP contribution >= 0.6 is 0 Å². The van der Waals surface area contributed by atoms with Gasteiger partial charge in [0.1, 0.15) is 22.2 Å². The number of piperidine rings is 1. The smallest absolute Gasteiger partial charge is 0.265 e. The standard InChI is InChI=1S/C19H25N3O4S/c1-14-8-10-22(11-9-14)19-7-4-15(13-20-19)21-27(23,24)18-6-5-16(25-2)12-17(18)26-3/h4-7,12-14,21H,8-11H2,1-3H3.